The van der Waals surface area contributed by atoms with E-state index in [1.165, 1.54) is 6.08 Å². The van der Waals surface area contributed by atoms with Gasteiger partial charge in [0.2, 0.25) is 0 Å². The van der Waals surface area contributed by atoms with Gasteiger partial charge >= 0.3 is 0 Å². The maximum Gasteiger partial charge on any atom is 0.194 e. The first kappa shape index (κ1) is 13.5. The van der Waals surface area contributed by atoms with Crippen LogP contribution >= 0.6 is 0 Å². The van der Waals surface area contributed by atoms with Gasteiger partial charge in [-0.1, -0.05) is 12.2 Å². The van der Waals surface area contributed by atoms with Gasteiger partial charge < -0.3 is 4.74 Å². The zero-order chi connectivity index (χ0) is 12.8. The monoisotopic (exact) mass is 242 g/mol. The van der Waals surface area contributed by atoms with Crippen LogP contribution in [0.25, 0.3) is 0 Å². The van der Waals surface area contributed by atoms with Crippen LogP contribution in [0.1, 0.15) is 18.1 Å². The van der Waals surface area contributed by atoms with Gasteiger partial charge in [-0.25, -0.2) is 13.2 Å². The van der Waals surface area contributed by atoms with Gasteiger partial charge in [0.15, 0.2) is 17.5 Å². The average Bonchev–Trinajstić information content (AvgIpc) is 2.31. The summed E-state index contributed by atoms with van der Waals surface area (Å²) in [4.78, 5) is 0. The molecule has 0 radical (unpaired) electrons. The Bertz CT molecular complexity index is 392. The summed E-state index contributed by atoms with van der Waals surface area (Å²) < 4.78 is 44.2. The van der Waals surface area contributed by atoms with E-state index < -0.39 is 23.6 Å². The molecule has 0 aromatic heterocycles. The Morgan fingerprint density at radius 1 is 1.12 bits per heavy atom. The molecule has 1 rings (SSSR count). The first-order valence-electron chi connectivity index (χ1n) is 5.08. The van der Waals surface area contributed by atoms with Crippen LogP contribution in [0.4, 0.5) is 13.2 Å². The number of ether oxygens (including phenoxy) is 1. The first-order chi connectivity index (χ1) is 8.10. The van der Waals surface area contributed by atoms with Crippen LogP contribution in [-0.2, 0) is 4.74 Å². The molecule has 0 saturated carbocycles. The number of benzene rings is 1. The van der Waals surface area contributed by atoms with Crippen molar-refractivity contribution in [2.45, 2.75) is 12.5 Å². The molecule has 0 aliphatic heterocycles. The average molecular weight is 242 g/mol. The highest BCUT2D eigenvalue weighted by Gasteiger charge is 2.16. The van der Waals surface area contributed by atoms with E-state index in [1.54, 1.807) is 6.08 Å². The van der Waals surface area contributed by atoms with E-state index in [0.29, 0.717) is 6.42 Å². The van der Waals surface area contributed by atoms with Crippen molar-refractivity contribution in [1.29, 1.82) is 0 Å². The molecule has 0 fully saturated rings. The molecule has 0 aliphatic rings. The highest BCUT2D eigenvalue weighted by atomic mass is 19.2. The lowest BCUT2D eigenvalue weighted by Gasteiger charge is -2.16. The zero-order valence-corrected chi connectivity index (χ0v) is 9.26. The Hall–Kier alpha value is -1.55. The van der Waals surface area contributed by atoms with E-state index in [1.807, 2.05) is 0 Å². The van der Waals surface area contributed by atoms with Crippen LogP contribution in [0.15, 0.2) is 37.4 Å². The molecule has 0 amide bonds. The highest BCUT2D eigenvalue weighted by molar-refractivity contribution is 5.22. The molecule has 1 nitrogen and oxygen atoms in total. The molecule has 0 N–H and O–H groups in total. The lowest BCUT2D eigenvalue weighted by atomic mass is 10.1. The predicted octanol–water partition coefficient (Wildman–Crippen LogP) is 3.92. The van der Waals surface area contributed by atoms with Gasteiger partial charge in [-0.2, -0.15) is 0 Å². The van der Waals surface area contributed by atoms with Crippen molar-refractivity contribution in [2.75, 3.05) is 6.61 Å². The maximum atomic E-state index is 13.0. The minimum absolute atomic E-state index is 0.235. The normalized spacial score (nSPS) is 12.2. The minimum Gasteiger partial charge on any atom is -0.369 e. The molecular formula is C13H13F3O. The smallest absolute Gasteiger partial charge is 0.194 e. The molecule has 17 heavy (non-hydrogen) atoms. The zero-order valence-electron chi connectivity index (χ0n) is 9.26. The van der Waals surface area contributed by atoms with Gasteiger partial charge in [0.25, 0.3) is 0 Å². The van der Waals surface area contributed by atoms with E-state index in [4.69, 9.17) is 4.74 Å². The fraction of sp³-hybridized carbons (Fsp3) is 0.231. The second-order valence-electron chi connectivity index (χ2n) is 3.43. The molecule has 0 heterocycles. The van der Waals surface area contributed by atoms with Gasteiger partial charge in [0, 0.05) is 0 Å². The summed E-state index contributed by atoms with van der Waals surface area (Å²) in [5.74, 6) is -3.93. The predicted molar refractivity (Wildman–Crippen MR) is 60.0 cm³/mol. The van der Waals surface area contributed by atoms with Gasteiger partial charge in [-0.05, 0) is 24.1 Å². The van der Waals surface area contributed by atoms with Gasteiger partial charge in [0.1, 0.15) is 0 Å². The van der Waals surface area contributed by atoms with E-state index >= 15 is 0 Å². The van der Waals surface area contributed by atoms with Crippen LogP contribution in [-0.4, -0.2) is 6.61 Å². The molecule has 1 aromatic carbocycles. The Kier molecular flexibility index (Phi) is 4.97. The van der Waals surface area contributed by atoms with E-state index in [9.17, 15) is 13.2 Å². The van der Waals surface area contributed by atoms with Crippen molar-refractivity contribution in [3.05, 3.63) is 60.5 Å². The number of halogens is 3. The Morgan fingerprint density at radius 3 is 2.18 bits per heavy atom. The quantitative estimate of drug-likeness (QED) is 0.542. The van der Waals surface area contributed by atoms with E-state index in [-0.39, 0.29) is 12.2 Å². The Balaban J connectivity index is 3.00. The molecule has 0 saturated heterocycles. The summed E-state index contributed by atoms with van der Waals surface area (Å²) in [6.07, 6.45) is 2.90. The van der Waals surface area contributed by atoms with Gasteiger partial charge in [0.05, 0.1) is 12.7 Å². The van der Waals surface area contributed by atoms with Crippen molar-refractivity contribution in [3.8, 4) is 0 Å². The van der Waals surface area contributed by atoms with Crippen LogP contribution < -0.4 is 0 Å². The van der Waals surface area contributed by atoms with E-state index in [0.717, 1.165) is 12.1 Å². The minimum atomic E-state index is -1.48. The van der Waals surface area contributed by atoms with Crippen molar-refractivity contribution in [1.82, 2.24) is 0 Å². The third-order valence-electron chi connectivity index (χ3n) is 2.17. The molecule has 0 aliphatic carbocycles. The molecule has 92 valence electrons. The highest BCUT2D eigenvalue weighted by Crippen LogP contribution is 2.25. The second kappa shape index (κ2) is 6.25. The summed E-state index contributed by atoms with van der Waals surface area (Å²) in [6, 6.07) is 1.85. The van der Waals surface area contributed by atoms with Gasteiger partial charge in [-0.15, -0.1) is 13.2 Å². The molecular weight excluding hydrogens is 229 g/mol. The number of rotatable bonds is 6. The van der Waals surface area contributed by atoms with Crippen molar-refractivity contribution in [2.24, 2.45) is 0 Å². The molecule has 1 atom stereocenters. The molecule has 4 heteroatoms. The largest absolute Gasteiger partial charge is 0.369 e. The molecule has 0 spiro atoms. The molecule has 1 unspecified atom stereocenters. The summed E-state index contributed by atoms with van der Waals surface area (Å²) >= 11 is 0. The lowest BCUT2D eigenvalue weighted by molar-refractivity contribution is 0.0760. The third kappa shape index (κ3) is 3.46. The van der Waals surface area contributed by atoms with Crippen LogP contribution in [0.3, 0.4) is 0 Å². The summed E-state index contributed by atoms with van der Waals surface area (Å²) in [6.45, 7) is 7.24. The van der Waals surface area contributed by atoms with Crippen molar-refractivity contribution >= 4 is 0 Å². The number of hydrogen-bond donors (Lipinski definition) is 0. The summed E-state index contributed by atoms with van der Waals surface area (Å²) in [5.41, 5.74) is 0.239. The maximum absolute atomic E-state index is 13.0. The molecule has 1 aromatic rings. The fourth-order valence-corrected chi connectivity index (χ4v) is 1.40. The lowest BCUT2D eigenvalue weighted by Crippen LogP contribution is -2.06. The number of hydrogen-bond acceptors (Lipinski definition) is 1. The second-order valence-corrected chi connectivity index (χ2v) is 3.43. The summed E-state index contributed by atoms with van der Waals surface area (Å²) in [7, 11) is 0. The van der Waals surface area contributed by atoms with E-state index in [2.05, 4.69) is 13.2 Å². The van der Waals surface area contributed by atoms with Crippen molar-refractivity contribution < 1.29 is 17.9 Å². The van der Waals surface area contributed by atoms with Crippen LogP contribution in [0.5, 0.6) is 0 Å². The topological polar surface area (TPSA) is 9.23 Å². The van der Waals surface area contributed by atoms with Crippen LogP contribution in [0.2, 0.25) is 0 Å². The Morgan fingerprint density at radius 2 is 1.71 bits per heavy atom. The first-order valence-corrected chi connectivity index (χ1v) is 5.08. The SMILES string of the molecule is C=CCOC(CC=C)c1cc(F)c(F)c(F)c1. The van der Waals surface area contributed by atoms with Crippen LogP contribution in [0, 0.1) is 17.5 Å². The van der Waals surface area contributed by atoms with Crippen molar-refractivity contribution in [3.63, 3.8) is 0 Å². The molecule has 0 bridgehead atoms. The third-order valence-corrected chi connectivity index (χ3v) is 2.17. The Labute approximate surface area is 98.2 Å². The van der Waals surface area contributed by atoms with Gasteiger partial charge in [-0.3, -0.25) is 0 Å². The fourth-order valence-electron chi connectivity index (χ4n) is 1.40. The summed E-state index contributed by atoms with van der Waals surface area (Å²) in [5, 5.41) is 0. The standard InChI is InChI=1S/C13H13F3O/c1-3-5-12(17-6-4-2)9-7-10(14)13(16)11(15)8-9/h3-4,7-8,12H,1-2,5-6H2.